The molecule has 1 aromatic carbocycles. The fourth-order valence-electron chi connectivity index (χ4n) is 6.38. The molecule has 1 saturated heterocycles. The predicted octanol–water partition coefficient (Wildman–Crippen LogP) is 2.36. The van der Waals surface area contributed by atoms with Crippen LogP contribution in [0.5, 0.6) is 5.75 Å². The summed E-state index contributed by atoms with van der Waals surface area (Å²) in [5, 5.41) is 0. The third kappa shape index (κ3) is 6.70. The number of carbonyl (C=O) groups is 1. The Hall–Kier alpha value is -1.72. The first kappa shape index (κ1) is 29.3. The number of ether oxygens (including phenoxy) is 2. The van der Waals surface area contributed by atoms with Gasteiger partial charge >= 0.3 is 0 Å². The minimum absolute atomic E-state index is 0.00237. The van der Waals surface area contributed by atoms with Gasteiger partial charge in [0.05, 0.1) is 18.6 Å². The molecule has 2 heterocycles. The van der Waals surface area contributed by atoms with Crippen LogP contribution >= 0.6 is 0 Å². The second-order valence-electron chi connectivity index (χ2n) is 11.0. The average Bonchev–Trinajstić information content (AvgIpc) is 3.03. The zero-order valence-electron chi connectivity index (χ0n) is 23.7. The number of likely N-dealkylation sites (N-methyl/N-ethyl adjacent to an activating group) is 2. The lowest BCUT2D eigenvalue weighted by atomic mass is 9.88. The summed E-state index contributed by atoms with van der Waals surface area (Å²) < 4.78 is 39.5. The highest BCUT2D eigenvalue weighted by atomic mass is 32.2. The fourth-order valence-corrected chi connectivity index (χ4v) is 8.28. The zero-order chi connectivity index (χ0) is 27.3. The summed E-state index contributed by atoms with van der Waals surface area (Å²) in [5.41, 5.74) is 1.50. The van der Waals surface area contributed by atoms with E-state index in [2.05, 4.69) is 16.8 Å². The number of sulfonamides is 1. The van der Waals surface area contributed by atoms with Crippen LogP contribution in [0.25, 0.3) is 0 Å². The van der Waals surface area contributed by atoms with Crippen molar-refractivity contribution in [2.75, 3.05) is 73.2 Å². The Bertz CT molecular complexity index is 1050. The first-order chi connectivity index (χ1) is 18.2. The number of piperazine rings is 1. The average molecular weight is 551 g/mol. The summed E-state index contributed by atoms with van der Waals surface area (Å²) in [6, 6.07) is 4.50. The van der Waals surface area contributed by atoms with Gasteiger partial charge in [0.25, 0.3) is 0 Å². The van der Waals surface area contributed by atoms with E-state index in [1.807, 2.05) is 24.8 Å². The van der Waals surface area contributed by atoms with Crippen LogP contribution in [0, 0.1) is 6.92 Å². The number of fused-ring (bicyclic) bond motifs is 1. The SMILES string of the molecule is CCN(C(=O)COCCN1CCCc2cc(OC)cc(C)c2S1(=O)=O)C1CCC(N2CCN(C)CC2)CC1. The normalized spacial score (nSPS) is 24.9. The van der Waals surface area contributed by atoms with Crippen LogP contribution in [0.2, 0.25) is 0 Å². The second-order valence-corrected chi connectivity index (χ2v) is 12.8. The molecule has 0 atom stereocenters. The number of carbonyl (C=O) groups excluding carboxylic acids is 1. The number of hydrogen-bond donors (Lipinski definition) is 0. The van der Waals surface area contributed by atoms with Crippen molar-refractivity contribution in [1.29, 1.82) is 0 Å². The van der Waals surface area contributed by atoms with Gasteiger partial charge in [0.2, 0.25) is 15.9 Å². The molecule has 0 spiro atoms. The van der Waals surface area contributed by atoms with Gasteiger partial charge in [-0.1, -0.05) is 0 Å². The zero-order valence-corrected chi connectivity index (χ0v) is 24.5. The smallest absolute Gasteiger partial charge is 0.248 e. The van der Waals surface area contributed by atoms with Gasteiger partial charge in [0.15, 0.2) is 0 Å². The number of amides is 1. The molecule has 214 valence electrons. The molecular formula is C28H46N4O5S. The Morgan fingerprint density at radius 1 is 1.08 bits per heavy atom. The largest absolute Gasteiger partial charge is 0.497 e. The maximum Gasteiger partial charge on any atom is 0.248 e. The highest BCUT2D eigenvalue weighted by Crippen LogP contribution is 2.32. The summed E-state index contributed by atoms with van der Waals surface area (Å²) in [5.74, 6) is 0.683. The van der Waals surface area contributed by atoms with E-state index in [0.717, 1.165) is 63.8 Å². The number of hydrogen-bond acceptors (Lipinski definition) is 7. The monoisotopic (exact) mass is 550 g/mol. The molecule has 1 aliphatic carbocycles. The lowest BCUT2D eigenvalue weighted by Crippen LogP contribution is -2.52. The van der Waals surface area contributed by atoms with Crippen molar-refractivity contribution in [3.05, 3.63) is 23.3 Å². The van der Waals surface area contributed by atoms with Crippen LogP contribution in [-0.4, -0.2) is 119 Å². The van der Waals surface area contributed by atoms with Crippen molar-refractivity contribution in [1.82, 2.24) is 19.0 Å². The Morgan fingerprint density at radius 2 is 1.79 bits per heavy atom. The minimum atomic E-state index is -3.64. The summed E-state index contributed by atoms with van der Waals surface area (Å²) in [4.78, 5) is 20.4. The molecule has 4 rings (SSSR count). The van der Waals surface area contributed by atoms with E-state index < -0.39 is 10.0 Å². The van der Waals surface area contributed by atoms with Gasteiger partial charge in [-0.2, -0.15) is 4.31 Å². The van der Waals surface area contributed by atoms with Crippen molar-refractivity contribution in [2.45, 2.75) is 69.4 Å². The van der Waals surface area contributed by atoms with Crippen LogP contribution in [0.3, 0.4) is 0 Å². The molecule has 2 aliphatic heterocycles. The Labute approximate surface area is 229 Å². The van der Waals surface area contributed by atoms with Crippen LogP contribution in [-0.2, 0) is 26.0 Å². The van der Waals surface area contributed by atoms with Gasteiger partial charge in [-0.25, -0.2) is 8.42 Å². The van der Waals surface area contributed by atoms with E-state index >= 15 is 0 Å². The van der Waals surface area contributed by atoms with Crippen molar-refractivity contribution in [3.8, 4) is 5.75 Å². The molecule has 3 aliphatic rings. The van der Waals surface area contributed by atoms with Crippen molar-refractivity contribution in [2.24, 2.45) is 0 Å². The van der Waals surface area contributed by atoms with E-state index in [4.69, 9.17) is 9.47 Å². The van der Waals surface area contributed by atoms with Crippen LogP contribution in [0.15, 0.2) is 17.0 Å². The molecule has 0 unspecified atom stereocenters. The van der Waals surface area contributed by atoms with Crippen LogP contribution < -0.4 is 4.74 Å². The summed E-state index contributed by atoms with van der Waals surface area (Å²) in [7, 11) is 0.144. The van der Waals surface area contributed by atoms with Crippen molar-refractivity contribution >= 4 is 15.9 Å². The van der Waals surface area contributed by atoms with Crippen molar-refractivity contribution in [3.63, 3.8) is 0 Å². The van der Waals surface area contributed by atoms with E-state index in [1.165, 1.54) is 4.31 Å². The quantitative estimate of drug-likeness (QED) is 0.437. The third-order valence-electron chi connectivity index (χ3n) is 8.55. The first-order valence-corrected chi connectivity index (χ1v) is 15.7. The van der Waals surface area contributed by atoms with E-state index in [9.17, 15) is 13.2 Å². The molecule has 1 amide bonds. The standard InChI is InChI=1S/C28H46N4O5S/c1-5-32(25-10-8-24(9-11-25)30-15-13-29(3)14-16-30)27(33)21-37-18-17-31-12-6-7-23-20-26(36-4)19-22(2)28(23)38(31,34)35/h19-20,24-25H,5-18,21H2,1-4H3. The number of nitrogens with zero attached hydrogens (tertiary/aromatic N) is 4. The lowest BCUT2D eigenvalue weighted by molar-refractivity contribution is -0.139. The molecule has 10 heteroatoms. The van der Waals surface area contributed by atoms with Crippen molar-refractivity contribution < 1.29 is 22.7 Å². The second kappa shape index (κ2) is 13.1. The van der Waals surface area contributed by atoms with E-state index in [-0.39, 0.29) is 31.7 Å². The molecular weight excluding hydrogens is 504 g/mol. The van der Waals surface area contributed by atoms with Gasteiger partial charge in [-0.15, -0.1) is 0 Å². The molecule has 9 nitrogen and oxygen atoms in total. The molecule has 0 aromatic heterocycles. The molecule has 1 aromatic rings. The maximum atomic E-state index is 13.4. The molecule has 38 heavy (non-hydrogen) atoms. The molecule has 0 N–H and O–H groups in total. The fraction of sp³-hybridized carbons (Fsp3) is 0.750. The summed E-state index contributed by atoms with van der Waals surface area (Å²) in [6.07, 6.45) is 5.76. The van der Waals surface area contributed by atoms with Gasteiger partial charge in [-0.05, 0) is 82.7 Å². The Balaban J connectivity index is 1.25. The number of methoxy groups -OCH3 is 1. The molecule has 0 bridgehead atoms. The number of benzene rings is 1. The van der Waals surface area contributed by atoms with Gasteiger partial charge in [-0.3, -0.25) is 9.69 Å². The van der Waals surface area contributed by atoms with Crippen LogP contribution in [0.1, 0.15) is 50.2 Å². The van der Waals surface area contributed by atoms with Gasteiger partial charge in [0, 0.05) is 57.9 Å². The molecule has 0 radical (unpaired) electrons. The highest BCUT2D eigenvalue weighted by molar-refractivity contribution is 7.89. The topological polar surface area (TPSA) is 82.6 Å². The summed E-state index contributed by atoms with van der Waals surface area (Å²) >= 11 is 0. The lowest BCUT2D eigenvalue weighted by Gasteiger charge is -2.43. The molecule has 1 saturated carbocycles. The molecule has 2 fully saturated rings. The highest BCUT2D eigenvalue weighted by Gasteiger charge is 2.33. The number of rotatable bonds is 9. The van der Waals surface area contributed by atoms with Gasteiger partial charge in [0.1, 0.15) is 12.4 Å². The van der Waals surface area contributed by atoms with E-state index in [1.54, 1.807) is 13.2 Å². The first-order valence-electron chi connectivity index (χ1n) is 14.2. The van der Waals surface area contributed by atoms with E-state index in [0.29, 0.717) is 41.8 Å². The predicted molar refractivity (Wildman–Crippen MR) is 148 cm³/mol. The summed E-state index contributed by atoms with van der Waals surface area (Å²) in [6.45, 7) is 9.94. The number of aryl methyl sites for hydroxylation is 2. The Kier molecular flexibility index (Phi) is 10.1. The Morgan fingerprint density at radius 3 is 2.45 bits per heavy atom. The van der Waals surface area contributed by atoms with Crippen LogP contribution in [0.4, 0.5) is 0 Å². The van der Waals surface area contributed by atoms with Gasteiger partial charge < -0.3 is 19.3 Å². The minimum Gasteiger partial charge on any atom is -0.497 e. The maximum absolute atomic E-state index is 13.4. The third-order valence-corrected chi connectivity index (χ3v) is 10.7.